The average molecular weight is 276 g/mol. The average Bonchev–Trinajstić information content (AvgIpc) is 3.13. The lowest BCUT2D eigenvalue weighted by molar-refractivity contribution is 0.0610. The maximum atomic E-state index is 12.6. The van der Waals surface area contributed by atoms with E-state index in [-0.39, 0.29) is 18.0 Å². The van der Waals surface area contributed by atoms with Gasteiger partial charge in [0.1, 0.15) is 6.61 Å². The van der Waals surface area contributed by atoms with E-state index in [4.69, 9.17) is 4.74 Å². The van der Waals surface area contributed by atoms with E-state index in [2.05, 4.69) is 10.2 Å². The fourth-order valence-corrected chi connectivity index (χ4v) is 3.32. The first-order valence-corrected chi connectivity index (χ1v) is 7.03. The third kappa shape index (κ3) is 1.62. The van der Waals surface area contributed by atoms with Crippen LogP contribution in [0.2, 0.25) is 0 Å². The molecular formula is C13H16N4O3. The van der Waals surface area contributed by atoms with Gasteiger partial charge < -0.3 is 9.64 Å². The molecule has 0 aromatic carbocycles. The molecule has 0 radical (unpaired) electrons. The number of aromatic nitrogens is 2. The molecule has 2 saturated heterocycles. The monoisotopic (exact) mass is 276 g/mol. The maximum absolute atomic E-state index is 12.6. The predicted molar refractivity (Wildman–Crippen MR) is 68.4 cm³/mol. The molecule has 1 aromatic rings. The van der Waals surface area contributed by atoms with Gasteiger partial charge in [0.15, 0.2) is 5.69 Å². The summed E-state index contributed by atoms with van der Waals surface area (Å²) >= 11 is 0. The van der Waals surface area contributed by atoms with E-state index in [0.717, 1.165) is 30.5 Å². The molecule has 3 heterocycles. The van der Waals surface area contributed by atoms with Crippen LogP contribution in [0.15, 0.2) is 0 Å². The van der Waals surface area contributed by atoms with Gasteiger partial charge in [-0.3, -0.25) is 14.8 Å². The van der Waals surface area contributed by atoms with Crippen molar-refractivity contribution in [3.8, 4) is 0 Å². The topological polar surface area (TPSA) is 78.5 Å². The van der Waals surface area contributed by atoms with Gasteiger partial charge in [-0.25, -0.2) is 4.79 Å². The number of rotatable bonds is 1. The van der Waals surface area contributed by atoms with Gasteiger partial charge in [0.25, 0.3) is 5.91 Å². The smallest absolute Gasteiger partial charge is 0.410 e. The highest BCUT2D eigenvalue weighted by atomic mass is 16.6. The Kier molecular flexibility index (Phi) is 2.48. The molecule has 3 aliphatic rings. The lowest BCUT2D eigenvalue weighted by atomic mass is 10.1. The minimum absolute atomic E-state index is 0.00723. The number of fused-ring (bicyclic) bond motifs is 2. The normalized spacial score (nSPS) is 24.6. The summed E-state index contributed by atoms with van der Waals surface area (Å²) in [6.07, 6.45) is 2.73. The summed E-state index contributed by atoms with van der Waals surface area (Å²) in [6, 6.07) is -0.00723. The highest BCUT2D eigenvalue weighted by molar-refractivity contribution is 5.94. The number of nitrogens with zero attached hydrogens (tertiary/aromatic N) is 3. The van der Waals surface area contributed by atoms with Crippen molar-refractivity contribution in [2.75, 3.05) is 26.2 Å². The van der Waals surface area contributed by atoms with E-state index in [1.165, 1.54) is 0 Å². The number of ether oxygens (including phenoxy) is 1. The number of carbonyl (C=O) groups excluding carboxylic acids is 2. The number of amides is 2. The van der Waals surface area contributed by atoms with E-state index in [9.17, 15) is 9.59 Å². The number of piperazine rings is 1. The molecule has 4 rings (SSSR count). The Labute approximate surface area is 115 Å². The zero-order chi connectivity index (χ0) is 13.7. The Morgan fingerprint density at radius 2 is 2.25 bits per heavy atom. The summed E-state index contributed by atoms with van der Waals surface area (Å²) in [5, 5.41) is 7.16. The van der Waals surface area contributed by atoms with Crippen molar-refractivity contribution in [2.24, 2.45) is 0 Å². The first-order valence-electron chi connectivity index (χ1n) is 7.03. The number of carbonyl (C=O) groups is 2. The number of aromatic amines is 1. The van der Waals surface area contributed by atoms with E-state index < -0.39 is 0 Å². The molecule has 2 amide bonds. The van der Waals surface area contributed by atoms with Crippen LogP contribution < -0.4 is 0 Å². The number of H-pyrrole nitrogens is 1. The molecule has 1 N–H and O–H groups in total. The van der Waals surface area contributed by atoms with Gasteiger partial charge in [-0.15, -0.1) is 0 Å². The molecular weight excluding hydrogens is 260 g/mol. The van der Waals surface area contributed by atoms with Crippen LogP contribution in [0.25, 0.3) is 0 Å². The molecule has 20 heavy (non-hydrogen) atoms. The van der Waals surface area contributed by atoms with Gasteiger partial charge in [0.05, 0.1) is 6.04 Å². The molecule has 2 fully saturated rings. The van der Waals surface area contributed by atoms with Gasteiger partial charge in [-0.2, -0.15) is 5.10 Å². The Balaban J connectivity index is 1.53. The third-order valence-electron chi connectivity index (χ3n) is 4.41. The number of hydrogen-bond donors (Lipinski definition) is 1. The molecule has 0 saturated carbocycles. The lowest BCUT2D eigenvalue weighted by Crippen LogP contribution is -2.53. The van der Waals surface area contributed by atoms with Crippen LogP contribution in [0.1, 0.15) is 28.2 Å². The van der Waals surface area contributed by atoms with Crippen molar-refractivity contribution in [1.82, 2.24) is 20.0 Å². The van der Waals surface area contributed by atoms with Crippen molar-refractivity contribution in [3.05, 3.63) is 17.0 Å². The fraction of sp³-hybridized carbons (Fsp3) is 0.615. The number of nitrogens with one attached hydrogen (secondary N) is 1. The second-order valence-electron chi connectivity index (χ2n) is 5.56. The molecule has 2 aliphatic heterocycles. The van der Waals surface area contributed by atoms with E-state index in [1.54, 1.807) is 9.80 Å². The Hall–Kier alpha value is -2.05. The molecule has 7 heteroatoms. The van der Waals surface area contributed by atoms with Gasteiger partial charge in [-0.1, -0.05) is 0 Å². The molecule has 1 atom stereocenters. The predicted octanol–water partition coefficient (Wildman–Crippen LogP) is 0.175. The van der Waals surface area contributed by atoms with Crippen molar-refractivity contribution in [2.45, 2.75) is 25.3 Å². The Bertz CT molecular complexity index is 582. The highest BCUT2D eigenvalue weighted by Gasteiger charge is 2.39. The van der Waals surface area contributed by atoms with Crippen LogP contribution in [0.3, 0.4) is 0 Å². The zero-order valence-corrected chi connectivity index (χ0v) is 11.1. The molecule has 106 valence electrons. The molecule has 0 unspecified atom stereocenters. The molecule has 7 nitrogen and oxygen atoms in total. The van der Waals surface area contributed by atoms with Crippen molar-refractivity contribution in [1.29, 1.82) is 0 Å². The number of aryl methyl sites for hydroxylation is 1. The summed E-state index contributed by atoms with van der Waals surface area (Å²) < 4.78 is 5.02. The van der Waals surface area contributed by atoms with Crippen LogP contribution in [-0.2, 0) is 17.6 Å². The summed E-state index contributed by atoms with van der Waals surface area (Å²) in [5.41, 5.74) is 2.75. The third-order valence-corrected chi connectivity index (χ3v) is 4.41. The van der Waals surface area contributed by atoms with Gasteiger partial charge in [-0.05, 0) is 19.3 Å². The Morgan fingerprint density at radius 3 is 3.15 bits per heavy atom. The summed E-state index contributed by atoms with van der Waals surface area (Å²) in [4.78, 5) is 27.5. The lowest BCUT2D eigenvalue weighted by Gasteiger charge is -2.35. The number of hydrogen-bond acceptors (Lipinski definition) is 4. The summed E-state index contributed by atoms with van der Waals surface area (Å²) in [5.74, 6) is -0.0246. The second-order valence-corrected chi connectivity index (χ2v) is 5.56. The SMILES string of the molecule is O=C(c1n[nH]c2c1CCC2)N1CCN2C(=O)OC[C@H]2C1. The zero-order valence-electron chi connectivity index (χ0n) is 11.1. The Morgan fingerprint density at radius 1 is 1.35 bits per heavy atom. The van der Waals surface area contributed by atoms with Crippen LogP contribution in [0, 0.1) is 0 Å². The quantitative estimate of drug-likeness (QED) is 0.793. The van der Waals surface area contributed by atoms with Crippen LogP contribution >= 0.6 is 0 Å². The van der Waals surface area contributed by atoms with Crippen molar-refractivity contribution in [3.63, 3.8) is 0 Å². The van der Waals surface area contributed by atoms with E-state index in [1.807, 2.05) is 0 Å². The van der Waals surface area contributed by atoms with Gasteiger partial charge in [0.2, 0.25) is 0 Å². The van der Waals surface area contributed by atoms with Crippen LogP contribution in [0.5, 0.6) is 0 Å². The molecule has 0 bridgehead atoms. The highest BCUT2D eigenvalue weighted by Crippen LogP contribution is 2.25. The largest absolute Gasteiger partial charge is 0.447 e. The standard InChI is InChI=1S/C13H16N4O3/c18-12(11-9-2-1-3-10(9)14-15-11)16-4-5-17-8(6-16)7-20-13(17)19/h8H,1-7H2,(H,14,15)/t8-/m1/s1. The first-order chi connectivity index (χ1) is 9.74. The van der Waals surface area contributed by atoms with Crippen molar-refractivity contribution >= 4 is 12.0 Å². The molecule has 1 aliphatic carbocycles. The summed E-state index contributed by atoms with van der Waals surface area (Å²) in [6.45, 7) is 2.00. The maximum Gasteiger partial charge on any atom is 0.410 e. The minimum Gasteiger partial charge on any atom is -0.447 e. The first kappa shape index (κ1) is 11.7. The summed E-state index contributed by atoms with van der Waals surface area (Å²) in [7, 11) is 0. The fourth-order valence-electron chi connectivity index (χ4n) is 3.32. The van der Waals surface area contributed by atoms with Crippen molar-refractivity contribution < 1.29 is 14.3 Å². The molecule has 1 aromatic heterocycles. The van der Waals surface area contributed by atoms with Crippen LogP contribution in [0.4, 0.5) is 4.79 Å². The second kappa shape index (κ2) is 4.22. The van der Waals surface area contributed by atoms with E-state index >= 15 is 0 Å². The minimum atomic E-state index is -0.261. The van der Waals surface area contributed by atoms with Gasteiger partial charge >= 0.3 is 6.09 Å². The molecule has 0 spiro atoms. The van der Waals surface area contributed by atoms with E-state index in [0.29, 0.717) is 31.9 Å². The van der Waals surface area contributed by atoms with Gasteiger partial charge in [0, 0.05) is 30.9 Å². The van der Waals surface area contributed by atoms with Crippen LogP contribution in [-0.4, -0.2) is 64.3 Å². The number of cyclic esters (lactones) is 1.